The number of benzene rings is 2. The number of carboxylic acid groups (broad SMARTS) is 1. The molecule has 3 rings (SSSR count). The highest BCUT2D eigenvalue weighted by Gasteiger charge is 2.34. The number of rotatable bonds is 6. The number of carboxylic acids is 1. The molecule has 1 saturated carbocycles. The van der Waals surface area contributed by atoms with Gasteiger partial charge < -0.3 is 10.4 Å². The van der Waals surface area contributed by atoms with E-state index in [0.29, 0.717) is 12.1 Å². The number of hydrogen-bond donors (Lipinski definition) is 2. The van der Waals surface area contributed by atoms with E-state index in [1.54, 1.807) is 18.2 Å². The predicted molar refractivity (Wildman–Crippen MR) is 101 cm³/mol. The van der Waals surface area contributed by atoms with Gasteiger partial charge in [0.1, 0.15) is 0 Å². The number of aromatic carboxylic acids is 1. The van der Waals surface area contributed by atoms with E-state index in [0.717, 1.165) is 30.0 Å². The van der Waals surface area contributed by atoms with Gasteiger partial charge in [-0.25, -0.2) is 4.79 Å². The number of nitrogens with one attached hydrogen (secondary N) is 1. The van der Waals surface area contributed by atoms with Crippen LogP contribution in [0.5, 0.6) is 0 Å². The van der Waals surface area contributed by atoms with Crippen molar-refractivity contribution in [3.05, 3.63) is 70.2 Å². The summed E-state index contributed by atoms with van der Waals surface area (Å²) in [6, 6.07) is 15.3. The van der Waals surface area contributed by atoms with Crippen LogP contribution in [0.2, 0.25) is 5.02 Å². The Kier molecular flexibility index (Phi) is 5.77. The van der Waals surface area contributed by atoms with E-state index in [1.165, 1.54) is 24.8 Å². The molecule has 0 spiro atoms. The lowest BCUT2D eigenvalue weighted by Gasteiger charge is -2.39. The van der Waals surface area contributed by atoms with Gasteiger partial charge in [0.05, 0.1) is 5.56 Å². The summed E-state index contributed by atoms with van der Waals surface area (Å²) in [7, 11) is 0. The van der Waals surface area contributed by atoms with Crippen molar-refractivity contribution in [3.63, 3.8) is 0 Å². The minimum atomic E-state index is -0.887. The summed E-state index contributed by atoms with van der Waals surface area (Å²) in [5.74, 6) is -0.887. The van der Waals surface area contributed by atoms with Gasteiger partial charge in [0, 0.05) is 23.5 Å². The van der Waals surface area contributed by atoms with Crippen LogP contribution in [0.3, 0.4) is 0 Å². The van der Waals surface area contributed by atoms with Crippen molar-refractivity contribution in [1.29, 1.82) is 0 Å². The quantitative estimate of drug-likeness (QED) is 0.762. The van der Waals surface area contributed by atoms with Crippen LogP contribution in [-0.4, -0.2) is 17.6 Å². The van der Waals surface area contributed by atoms with Crippen molar-refractivity contribution in [2.24, 2.45) is 0 Å². The third kappa shape index (κ3) is 4.23. The molecule has 0 aromatic heterocycles. The Labute approximate surface area is 154 Å². The van der Waals surface area contributed by atoms with Gasteiger partial charge in [-0.15, -0.1) is 0 Å². The Morgan fingerprint density at radius 1 is 1.08 bits per heavy atom. The average Bonchev–Trinajstić information content (AvgIpc) is 2.63. The molecule has 2 N–H and O–H groups in total. The van der Waals surface area contributed by atoms with Crippen LogP contribution >= 0.6 is 11.6 Å². The van der Waals surface area contributed by atoms with Crippen molar-refractivity contribution in [2.45, 2.75) is 44.1 Å². The van der Waals surface area contributed by atoms with E-state index in [2.05, 4.69) is 17.4 Å². The first-order valence-electron chi connectivity index (χ1n) is 8.89. The summed E-state index contributed by atoms with van der Waals surface area (Å²) in [5, 5.41) is 13.5. The third-order valence-electron chi connectivity index (χ3n) is 5.22. The van der Waals surface area contributed by atoms with E-state index in [4.69, 9.17) is 16.7 Å². The Morgan fingerprint density at radius 2 is 1.84 bits per heavy atom. The standard InChI is InChI=1S/C21H24ClNO2/c22-19-10-3-2-9-18(19)21(11-4-1-5-12-21)15-23-14-16-7-6-8-17(13-16)20(24)25/h2-3,6-10,13,23H,1,4-5,11-12,14-15H2,(H,24,25). The maximum absolute atomic E-state index is 11.1. The molecular formula is C21H24ClNO2. The van der Waals surface area contributed by atoms with Gasteiger partial charge in [0.2, 0.25) is 0 Å². The van der Waals surface area contributed by atoms with Crippen LogP contribution in [0.25, 0.3) is 0 Å². The van der Waals surface area contributed by atoms with Crippen LogP contribution in [-0.2, 0) is 12.0 Å². The fourth-order valence-electron chi connectivity index (χ4n) is 3.92. The SMILES string of the molecule is O=C(O)c1cccc(CNCC2(c3ccccc3Cl)CCCCC2)c1. The molecule has 0 heterocycles. The summed E-state index contributed by atoms with van der Waals surface area (Å²) in [6.45, 7) is 1.52. The second kappa shape index (κ2) is 8.03. The van der Waals surface area contributed by atoms with Crippen LogP contribution < -0.4 is 5.32 Å². The zero-order valence-electron chi connectivity index (χ0n) is 14.3. The molecule has 0 radical (unpaired) electrons. The van der Waals surface area contributed by atoms with Gasteiger partial charge in [-0.3, -0.25) is 0 Å². The maximum Gasteiger partial charge on any atom is 0.335 e. The van der Waals surface area contributed by atoms with Gasteiger partial charge in [-0.2, -0.15) is 0 Å². The van der Waals surface area contributed by atoms with E-state index < -0.39 is 5.97 Å². The molecule has 1 aliphatic carbocycles. The molecule has 0 amide bonds. The van der Waals surface area contributed by atoms with Crippen LogP contribution in [0, 0.1) is 0 Å². The molecule has 4 heteroatoms. The van der Waals surface area contributed by atoms with Crippen LogP contribution in [0.4, 0.5) is 0 Å². The Balaban J connectivity index is 1.73. The molecule has 0 aliphatic heterocycles. The molecule has 1 fully saturated rings. The number of hydrogen-bond acceptors (Lipinski definition) is 2. The summed E-state index contributed by atoms with van der Waals surface area (Å²) in [5.41, 5.74) is 2.63. The highest BCUT2D eigenvalue weighted by molar-refractivity contribution is 6.31. The first kappa shape index (κ1) is 18.0. The topological polar surface area (TPSA) is 49.3 Å². The monoisotopic (exact) mass is 357 g/mol. The fraction of sp³-hybridized carbons (Fsp3) is 0.381. The normalized spacial score (nSPS) is 16.5. The first-order valence-corrected chi connectivity index (χ1v) is 9.26. The second-order valence-electron chi connectivity index (χ2n) is 6.93. The highest BCUT2D eigenvalue weighted by atomic mass is 35.5. The number of carbonyl (C=O) groups is 1. The third-order valence-corrected chi connectivity index (χ3v) is 5.55. The van der Waals surface area contributed by atoms with Crippen LogP contribution in [0.15, 0.2) is 48.5 Å². The lowest BCUT2D eigenvalue weighted by molar-refractivity contribution is 0.0696. The zero-order chi connectivity index (χ0) is 17.7. The molecule has 0 bridgehead atoms. The van der Waals surface area contributed by atoms with Gasteiger partial charge in [0.25, 0.3) is 0 Å². The first-order chi connectivity index (χ1) is 12.1. The molecule has 2 aromatic rings. The largest absolute Gasteiger partial charge is 0.478 e. The van der Waals surface area contributed by atoms with Gasteiger partial charge >= 0.3 is 5.97 Å². The Bertz CT molecular complexity index is 738. The fourth-order valence-corrected chi connectivity index (χ4v) is 4.26. The summed E-state index contributed by atoms with van der Waals surface area (Å²) >= 11 is 6.51. The molecule has 0 unspecified atom stereocenters. The van der Waals surface area contributed by atoms with Gasteiger partial charge in [-0.05, 0) is 42.2 Å². The van der Waals surface area contributed by atoms with Crippen molar-refractivity contribution in [3.8, 4) is 0 Å². The van der Waals surface area contributed by atoms with E-state index in [9.17, 15) is 4.79 Å². The van der Waals surface area contributed by atoms with Crippen LogP contribution in [0.1, 0.15) is 53.6 Å². The minimum absolute atomic E-state index is 0.0704. The van der Waals surface area contributed by atoms with E-state index in [1.807, 2.05) is 18.2 Å². The van der Waals surface area contributed by atoms with Gasteiger partial charge in [-0.1, -0.05) is 61.2 Å². The van der Waals surface area contributed by atoms with Crippen molar-refractivity contribution < 1.29 is 9.90 Å². The summed E-state index contributed by atoms with van der Waals surface area (Å²) in [6.07, 6.45) is 6.01. The zero-order valence-corrected chi connectivity index (χ0v) is 15.1. The maximum atomic E-state index is 11.1. The second-order valence-corrected chi connectivity index (χ2v) is 7.34. The predicted octanol–water partition coefficient (Wildman–Crippen LogP) is 5.03. The van der Waals surface area contributed by atoms with Gasteiger partial charge in [0.15, 0.2) is 0 Å². The van der Waals surface area contributed by atoms with Crippen molar-refractivity contribution in [2.75, 3.05) is 6.54 Å². The smallest absolute Gasteiger partial charge is 0.335 e. The molecule has 1 aliphatic rings. The van der Waals surface area contributed by atoms with E-state index in [-0.39, 0.29) is 5.41 Å². The summed E-state index contributed by atoms with van der Waals surface area (Å²) < 4.78 is 0. The molecule has 0 atom stereocenters. The minimum Gasteiger partial charge on any atom is -0.478 e. The van der Waals surface area contributed by atoms with Crippen molar-refractivity contribution >= 4 is 17.6 Å². The molecule has 0 saturated heterocycles. The summed E-state index contributed by atoms with van der Waals surface area (Å²) in [4.78, 5) is 11.1. The molecule has 25 heavy (non-hydrogen) atoms. The average molecular weight is 358 g/mol. The lowest BCUT2D eigenvalue weighted by Crippen LogP contribution is -2.40. The molecule has 2 aromatic carbocycles. The molecule has 3 nitrogen and oxygen atoms in total. The van der Waals surface area contributed by atoms with Crippen molar-refractivity contribution in [1.82, 2.24) is 5.32 Å². The Hall–Kier alpha value is -1.84. The van der Waals surface area contributed by atoms with E-state index >= 15 is 0 Å². The Morgan fingerprint density at radius 3 is 2.56 bits per heavy atom. The lowest BCUT2D eigenvalue weighted by atomic mass is 9.69. The molecule has 132 valence electrons. The number of halogens is 1. The highest BCUT2D eigenvalue weighted by Crippen LogP contribution is 2.41. The molecular weight excluding hydrogens is 334 g/mol.